The molecule has 0 aliphatic heterocycles. The van der Waals surface area contributed by atoms with E-state index in [9.17, 15) is 5.11 Å². The lowest BCUT2D eigenvalue weighted by Gasteiger charge is -2.26. The molecule has 1 rings (SSSR count). The predicted molar refractivity (Wildman–Crippen MR) is 61.3 cm³/mol. The first-order chi connectivity index (χ1) is 6.59. The van der Waals surface area contributed by atoms with E-state index in [1.807, 2.05) is 0 Å². The molecule has 0 aromatic carbocycles. The average Bonchev–Trinajstić information content (AvgIpc) is 2.47. The van der Waals surface area contributed by atoms with Crippen molar-refractivity contribution in [3.8, 4) is 0 Å². The Bertz CT molecular complexity index is 167. The second kappa shape index (κ2) is 5.16. The molecule has 1 saturated carbocycles. The van der Waals surface area contributed by atoms with Gasteiger partial charge in [0.25, 0.3) is 0 Å². The first-order valence-corrected chi connectivity index (χ1v) is 6.32. The summed E-state index contributed by atoms with van der Waals surface area (Å²) in [7, 11) is 0. The molecule has 14 heavy (non-hydrogen) atoms. The first-order valence-electron chi connectivity index (χ1n) is 6.32. The van der Waals surface area contributed by atoms with Gasteiger partial charge in [-0.15, -0.1) is 0 Å². The van der Waals surface area contributed by atoms with E-state index in [0.29, 0.717) is 5.92 Å². The Balaban J connectivity index is 2.35. The molecule has 1 heteroatoms. The van der Waals surface area contributed by atoms with Crippen molar-refractivity contribution in [2.75, 3.05) is 0 Å². The first kappa shape index (κ1) is 12.0. The minimum atomic E-state index is -0.310. The Kier molecular flexibility index (Phi) is 4.43. The summed E-state index contributed by atoms with van der Waals surface area (Å²) in [4.78, 5) is 0. The van der Waals surface area contributed by atoms with Crippen LogP contribution in [0.4, 0.5) is 0 Å². The zero-order valence-corrected chi connectivity index (χ0v) is 10.1. The van der Waals surface area contributed by atoms with Gasteiger partial charge in [-0.2, -0.15) is 0 Å². The molecule has 3 unspecified atom stereocenters. The van der Waals surface area contributed by atoms with Crippen LogP contribution in [0.1, 0.15) is 65.7 Å². The molecule has 1 nitrogen and oxygen atoms in total. The molecular formula is C13H26O. The lowest BCUT2D eigenvalue weighted by molar-refractivity contribution is 0.0193. The lowest BCUT2D eigenvalue weighted by Crippen LogP contribution is -2.27. The molecule has 0 aromatic heterocycles. The quantitative estimate of drug-likeness (QED) is 0.713. The Morgan fingerprint density at radius 1 is 1.43 bits per heavy atom. The summed E-state index contributed by atoms with van der Waals surface area (Å²) in [5, 5.41) is 10.4. The van der Waals surface area contributed by atoms with Gasteiger partial charge in [-0.05, 0) is 37.5 Å². The van der Waals surface area contributed by atoms with Crippen molar-refractivity contribution in [3.05, 3.63) is 0 Å². The second-order valence-electron chi connectivity index (χ2n) is 5.34. The third kappa shape index (κ3) is 3.27. The predicted octanol–water partition coefficient (Wildman–Crippen LogP) is 3.75. The largest absolute Gasteiger partial charge is 0.390 e. The van der Waals surface area contributed by atoms with Crippen LogP contribution in [0.15, 0.2) is 0 Å². The topological polar surface area (TPSA) is 20.2 Å². The maximum absolute atomic E-state index is 10.4. The van der Waals surface area contributed by atoms with Gasteiger partial charge in [0.1, 0.15) is 0 Å². The van der Waals surface area contributed by atoms with Crippen LogP contribution in [0.3, 0.4) is 0 Å². The SMILES string of the molecule is CCCC(C)CC1(O)CCC(CC)C1. The van der Waals surface area contributed by atoms with Gasteiger partial charge >= 0.3 is 0 Å². The van der Waals surface area contributed by atoms with E-state index < -0.39 is 0 Å². The van der Waals surface area contributed by atoms with E-state index >= 15 is 0 Å². The van der Waals surface area contributed by atoms with E-state index in [1.165, 1.54) is 25.7 Å². The highest BCUT2D eigenvalue weighted by Gasteiger charge is 2.36. The summed E-state index contributed by atoms with van der Waals surface area (Å²) in [6, 6.07) is 0. The summed E-state index contributed by atoms with van der Waals surface area (Å²) >= 11 is 0. The van der Waals surface area contributed by atoms with Gasteiger partial charge in [-0.25, -0.2) is 0 Å². The van der Waals surface area contributed by atoms with Crippen LogP contribution in [0.2, 0.25) is 0 Å². The summed E-state index contributed by atoms with van der Waals surface area (Å²) < 4.78 is 0. The minimum Gasteiger partial charge on any atom is -0.390 e. The van der Waals surface area contributed by atoms with Crippen LogP contribution >= 0.6 is 0 Å². The van der Waals surface area contributed by atoms with Crippen molar-refractivity contribution in [2.45, 2.75) is 71.3 Å². The van der Waals surface area contributed by atoms with Gasteiger partial charge in [0.05, 0.1) is 5.60 Å². The fraction of sp³-hybridized carbons (Fsp3) is 1.00. The highest BCUT2D eigenvalue weighted by atomic mass is 16.3. The standard InChI is InChI=1S/C13H26O/c1-4-6-11(3)9-13(14)8-7-12(5-2)10-13/h11-12,14H,4-10H2,1-3H3. The van der Waals surface area contributed by atoms with E-state index in [0.717, 1.165) is 25.2 Å². The molecule has 84 valence electrons. The summed E-state index contributed by atoms with van der Waals surface area (Å²) in [6.45, 7) is 6.75. The van der Waals surface area contributed by atoms with Crippen LogP contribution in [-0.4, -0.2) is 10.7 Å². The molecule has 0 heterocycles. The Hall–Kier alpha value is -0.0400. The summed E-state index contributed by atoms with van der Waals surface area (Å²) in [5.41, 5.74) is -0.310. The fourth-order valence-corrected chi connectivity index (χ4v) is 2.99. The highest BCUT2D eigenvalue weighted by Crippen LogP contribution is 2.40. The highest BCUT2D eigenvalue weighted by molar-refractivity contribution is 4.89. The lowest BCUT2D eigenvalue weighted by atomic mass is 9.87. The van der Waals surface area contributed by atoms with Gasteiger partial charge in [-0.3, -0.25) is 0 Å². The van der Waals surface area contributed by atoms with Gasteiger partial charge < -0.3 is 5.11 Å². The van der Waals surface area contributed by atoms with Crippen LogP contribution in [-0.2, 0) is 0 Å². The second-order valence-corrected chi connectivity index (χ2v) is 5.34. The molecule has 0 saturated heterocycles. The van der Waals surface area contributed by atoms with Gasteiger partial charge in [0.15, 0.2) is 0 Å². The number of aliphatic hydroxyl groups is 1. The molecule has 3 atom stereocenters. The molecule has 1 fully saturated rings. The molecule has 1 N–H and O–H groups in total. The monoisotopic (exact) mass is 198 g/mol. The van der Waals surface area contributed by atoms with Crippen LogP contribution < -0.4 is 0 Å². The van der Waals surface area contributed by atoms with Crippen molar-refractivity contribution in [1.82, 2.24) is 0 Å². The molecule has 1 aliphatic carbocycles. The molecular weight excluding hydrogens is 172 g/mol. The van der Waals surface area contributed by atoms with Crippen LogP contribution in [0.25, 0.3) is 0 Å². The van der Waals surface area contributed by atoms with E-state index in [2.05, 4.69) is 20.8 Å². The van der Waals surface area contributed by atoms with Gasteiger partial charge in [-0.1, -0.05) is 40.0 Å². The van der Waals surface area contributed by atoms with E-state index in [-0.39, 0.29) is 5.60 Å². The molecule has 0 radical (unpaired) electrons. The Morgan fingerprint density at radius 2 is 2.14 bits per heavy atom. The van der Waals surface area contributed by atoms with Crippen molar-refractivity contribution >= 4 is 0 Å². The molecule has 1 aliphatic rings. The summed E-state index contributed by atoms with van der Waals surface area (Å²) in [5.74, 6) is 1.48. The molecule has 0 amide bonds. The third-order valence-corrected chi connectivity index (χ3v) is 3.77. The van der Waals surface area contributed by atoms with Crippen molar-refractivity contribution in [1.29, 1.82) is 0 Å². The maximum Gasteiger partial charge on any atom is 0.0653 e. The Labute approximate surface area is 88.9 Å². The molecule has 0 bridgehead atoms. The van der Waals surface area contributed by atoms with Crippen molar-refractivity contribution < 1.29 is 5.11 Å². The normalized spacial score (nSPS) is 34.7. The van der Waals surface area contributed by atoms with Crippen molar-refractivity contribution in [2.24, 2.45) is 11.8 Å². The fourth-order valence-electron chi connectivity index (χ4n) is 2.99. The minimum absolute atomic E-state index is 0.310. The average molecular weight is 198 g/mol. The zero-order chi connectivity index (χ0) is 10.6. The molecule has 0 spiro atoms. The van der Waals surface area contributed by atoms with E-state index in [1.54, 1.807) is 0 Å². The third-order valence-electron chi connectivity index (χ3n) is 3.77. The van der Waals surface area contributed by atoms with Gasteiger partial charge in [0, 0.05) is 0 Å². The van der Waals surface area contributed by atoms with E-state index in [4.69, 9.17) is 0 Å². The smallest absolute Gasteiger partial charge is 0.0653 e. The number of hydrogen-bond acceptors (Lipinski definition) is 1. The summed E-state index contributed by atoms with van der Waals surface area (Å²) in [6.07, 6.45) is 8.11. The Morgan fingerprint density at radius 3 is 2.64 bits per heavy atom. The molecule has 0 aromatic rings. The van der Waals surface area contributed by atoms with Crippen LogP contribution in [0.5, 0.6) is 0 Å². The number of rotatable bonds is 5. The zero-order valence-electron chi connectivity index (χ0n) is 10.1. The van der Waals surface area contributed by atoms with Gasteiger partial charge in [0.2, 0.25) is 0 Å². The maximum atomic E-state index is 10.4. The van der Waals surface area contributed by atoms with Crippen LogP contribution in [0, 0.1) is 11.8 Å². The van der Waals surface area contributed by atoms with Crippen molar-refractivity contribution in [3.63, 3.8) is 0 Å². The number of hydrogen-bond donors (Lipinski definition) is 1.